The van der Waals surface area contributed by atoms with Gasteiger partial charge in [0.05, 0.1) is 10.0 Å². The first-order valence-electron chi connectivity index (χ1n) is 7.30. The van der Waals surface area contributed by atoms with Crippen molar-refractivity contribution in [3.8, 4) is 0 Å². The van der Waals surface area contributed by atoms with E-state index in [4.69, 9.17) is 11.1 Å². The third kappa shape index (κ3) is 4.77. The Morgan fingerprint density at radius 1 is 1.36 bits per heavy atom. The van der Waals surface area contributed by atoms with Gasteiger partial charge in [-0.1, -0.05) is 18.2 Å². The predicted molar refractivity (Wildman–Crippen MR) is 102 cm³/mol. The topological polar surface area (TPSA) is 129 Å². The van der Waals surface area contributed by atoms with Crippen LogP contribution >= 0.6 is 15.9 Å². The van der Waals surface area contributed by atoms with Crippen LogP contribution < -0.4 is 21.7 Å². The molecule has 0 saturated heterocycles. The van der Waals surface area contributed by atoms with Gasteiger partial charge in [0.25, 0.3) is 5.91 Å². The second kappa shape index (κ2) is 8.25. The largest absolute Gasteiger partial charge is 0.393 e. The molecule has 0 aliphatic heterocycles. The van der Waals surface area contributed by atoms with Gasteiger partial charge < -0.3 is 21.7 Å². The smallest absolute Gasteiger partial charge is 0.253 e. The molecule has 9 heteroatoms. The fraction of sp³-hybridized carbons (Fsp3) is 0.125. The minimum atomic E-state index is -0.727. The van der Waals surface area contributed by atoms with Gasteiger partial charge in [0, 0.05) is 25.1 Å². The molecule has 0 atom stereocenters. The summed E-state index contributed by atoms with van der Waals surface area (Å²) < 4.78 is 0.542. The van der Waals surface area contributed by atoms with E-state index in [1.807, 2.05) is 31.2 Å². The summed E-state index contributed by atoms with van der Waals surface area (Å²) in [5.74, 6) is -0.219. The number of anilines is 3. The summed E-state index contributed by atoms with van der Waals surface area (Å²) in [6.07, 6.45) is 2.90. The van der Waals surface area contributed by atoms with Crippen LogP contribution in [0.25, 0.3) is 0 Å². The zero-order valence-electron chi connectivity index (χ0n) is 13.7. The van der Waals surface area contributed by atoms with Crippen LogP contribution in [0.4, 0.5) is 17.5 Å². The zero-order valence-corrected chi connectivity index (χ0v) is 15.3. The minimum absolute atomic E-state index is 0.00132. The quantitative estimate of drug-likeness (QED) is 0.285. The first-order valence-corrected chi connectivity index (χ1v) is 8.10. The molecule has 0 aliphatic carbocycles. The molecule has 0 fully saturated rings. The molecule has 0 aliphatic rings. The maximum atomic E-state index is 11.4. The van der Waals surface area contributed by atoms with E-state index in [1.165, 1.54) is 6.20 Å². The zero-order chi connectivity index (χ0) is 18.4. The van der Waals surface area contributed by atoms with Crippen molar-refractivity contribution in [2.75, 3.05) is 17.7 Å². The van der Waals surface area contributed by atoms with Crippen molar-refractivity contribution in [2.24, 2.45) is 5.73 Å². The van der Waals surface area contributed by atoms with Gasteiger partial charge in [-0.15, -0.1) is 0 Å². The summed E-state index contributed by atoms with van der Waals surface area (Å²) in [6, 6.07) is 7.73. The molecule has 0 spiro atoms. The fourth-order valence-electron chi connectivity index (χ4n) is 1.95. The summed E-state index contributed by atoms with van der Waals surface area (Å²) in [5.41, 5.74) is 7.20. The van der Waals surface area contributed by atoms with Gasteiger partial charge in [0.15, 0.2) is 5.82 Å². The van der Waals surface area contributed by atoms with Crippen LogP contribution in [-0.4, -0.2) is 28.8 Å². The summed E-state index contributed by atoms with van der Waals surface area (Å²) >= 11 is 3.32. The number of hydrogen-bond donors (Lipinski definition) is 5. The molecule has 2 rings (SSSR count). The molecule has 1 heterocycles. The van der Waals surface area contributed by atoms with E-state index in [9.17, 15) is 4.79 Å². The maximum absolute atomic E-state index is 11.4. The molecule has 1 aromatic carbocycles. The number of halogens is 1. The first kappa shape index (κ1) is 18.4. The molecule has 25 heavy (non-hydrogen) atoms. The molecule has 0 saturated carbocycles. The van der Waals surface area contributed by atoms with E-state index in [-0.39, 0.29) is 11.4 Å². The van der Waals surface area contributed by atoms with E-state index in [0.717, 1.165) is 11.3 Å². The van der Waals surface area contributed by atoms with Gasteiger partial charge in [0.2, 0.25) is 5.95 Å². The fourth-order valence-corrected chi connectivity index (χ4v) is 2.24. The number of hydrogen-bond acceptors (Lipinski definition) is 6. The van der Waals surface area contributed by atoms with E-state index in [1.54, 1.807) is 13.2 Å². The number of nitrogens with one attached hydrogen (secondary N) is 4. The Kier molecular flexibility index (Phi) is 6.07. The lowest BCUT2D eigenvalue weighted by atomic mass is 10.2. The Morgan fingerprint density at radius 3 is 2.72 bits per heavy atom. The summed E-state index contributed by atoms with van der Waals surface area (Å²) in [6.45, 7) is 1.97. The van der Waals surface area contributed by atoms with E-state index in [2.05, 4.69) is 41.8 Å². The van der Waals surface area contributed by atoms with E-state index >= 15 is 0 Å². The van der Waals surface area contributed by atoms with Gasteiger partial charge in [-0.3, -0.25) is 10.2 Å². The molecule has 130 valence electrons. The lowest BCUT2D eigenvalue weighted by Crippen LogP contribution is -2.27. The van der Waals surface area contributed by atoms with E-state index in [0.29, 0.717) is 16.2 Å². The van der Waals surface area contributed by atoms with Crippen LogP contribution in [0, 0.1) is 12.3 Å². The highest BCUT2D eigenvalue weighted by atomic mass is 79.9. The van der Waals surface area contributed by atoms with Gasteiger partial charge in [0.1, 0.15) is 5.84 Å². The van der Waals surface area contributed by atoms with Crippen molar-refractivity contribution in [2.45, 2.75) is 6.92 Å². The molecule has 0 unspecified atom stereocenters. The average Bonchev–Trinajstić information content (AvgIpc) is 2.57. The van der Waals surface area contributed by atoms with Crippen LogP contribution in [0.5, 0.6) is 0 Å². The Hall–Kier alpha value is -2.94. The molecule has 1 amide bonds. The number of benzene rings is 1. The van der Waals surface area contributed by atoms with Crippen molar-refractivity contribution in [3.63, 3.8) is 0 Å². The standard InChI is InChI=1S/C16H18BrN7O/c1-9-5-3-4-6-12(9)22-16-21-8-11(17)15(24-16)23-13(18)10(7-20-2)14(19)25/h3-8,20H,1-2H3,(H2,19,25)(H3,18,21,22,23,24)/b10-7+. The Bertz CT molecular complexity index is 835. The number of primary amides is 1. The maximum Gasteiger partial charge on any atom is 0.253 e. The highest BCUT2D eigenvalue weighted by Gasteiger charge is 2.14. The third-order valence-electron chi connectivity index (χ3n) is 3.20. The van der Waals surface area contributed by atoms with Crippen LogP contribution in [0.3, 0.4) is 0 Å². The number of para-hydroxylation sites is 1. The Morgan fingerprint density at radius 2 is 2.08 bits per heavy atom. The number of nitrogens with zero attached hydrogens (tertiary/aromatic N) is 2. The van der Waals surface area contributed by atoms with Gasteiger partial charge in [-0.2, -0.15) is 4.98 Å². The molecule has 1 aromatic heterocycles. The SMILES string of the molecule is CN/C=C(\C(=N)Nc1nc(Nc2ccccc2C)ncc1Br)C(N)=O. The van der Waals surface area contributed by atoms with Crippen LogP contribution in [0.1, 0.15) is 5.56 Å². The number of carbonyl (C=O) groups is 1. The molecule has 0 radical (unpaired) electrons. The summed E-state index contributed by atoms with van der Waals surface area (Å²) in [7, 11) is 1.61. The molecular formula is C16H18BrN7O. The summed E-state index contributed by atoms with van der Waals surface area (Å²) in [5, 5.41) is 16.6. The van der Waals surface area contributed by atoms with Crippen molar-refractivity contribution in [1.82, 2.24) is 15.3 Å². The lowest BCUT2D eigenvalue weighted by Gasteiger charge is -2.12. The van der Waals surface area contributed by atoms with Crippen molar-refractivity contribution < 1.29 is 4.79 Å². The van der Waals surface area contributed by atoms with Crippen LogP contribution in [0.15, 0.2) is 46.7 Å². The number of amides is 1. The average molecular weight is 404 g/mol. The molecule has 6 N–H and O–H groups in total. The molecule has 8 nitrogen and oxygen atoms in total. The molecular weight excluding hydrogens is 386 g/mol. The van der Waals surface area contributed by atoms with E-state index < -0.39 is 5.91 Å². The van der Waals surface area contributed by atoms with Gasteiger partial charge >= 0.3 is 0 Å². The van der Waals surface area contributed by atoms with Crippen molar-refractivity contribution in [3.05, 3.63) is 52.3 Å². The highest BCUT2D eigenvalue weighted by Crippen LogP contribution is 2.23. The number of carbonyl (C=O) groups excluding carboxylic acids is 1. The van der Waals surface area contributed by atoms with Crippen LogP contribution in [-0.2, 0) is 4.79 Å². The first-order chi connectivity index (χ1) is 11.9. The highest BCUT2D eigenvalue weighted by molar-refractivity contribution is 9.10. The lowest BCUT2D eigenvalue weighted by molar-refractivity contribution is -0.114. The molecule has 2 aromatic rings. The number of rotatable bonds is 6. The second-order valence-corrected chi connectivity index (χ2v) is 5.90. The Balaban J connectivity index is 2.24. The second-order valence-electron chi connectivity index (χ2n) is 5.04. The normalized spacial score (nSPS) is 10.9. The Labute approximate surface area is 153 Å². The predicted octanol–water partition coefficient (Wildman–Crippen LogP) is 2.27. The van der Waals surface area contributed by atoms with Gasteiger partial charge in [-0.05, 0) is 34.5 Å². The number of amidine groups is 1. The summed E-state index contributed by atoms with van der Waals surface area (Å²) in [4.78, 5) is 20.0. The van der Waals surface area contributed by atoms with Crippen molar-refractivity contribution in [1.29, 1.82) is 5.41 Å². The monoisotopic (exact) mass is 403 g/mol. The number of aryl methyl sites for hydroxylation is 1. The minimum Gasteiger partial charge on any atom is -0.393 e. The third-order valence-corrected chi connectivity index (χ3v) is 3.78. The number of nitrogens with two attached hydrogens (primary N) is 1. The number of aromatic nitrogens is 2. The van der Waals surface area contributed by atoms with Crippen molar-refractivity contribution >= 4 is 45.1 Å². The van der Waals surface area contributed by atoms with Gasteiger partial charge in [-0.25, -0.2) is 4.98 Å². The molecule has 0 bridgehead atoms. The van der Waals surface area contributed by atoms with Crippen LogP contribution in [0.2, 0.25) is 0 Å².